The highest BCUT2D eigenvalue weighted by atomic mass is 32.2. The van der Waals surface area contributed by atoms with Crippen molar-refractivity contribution >= 4 is 11.8 Å². The van der Waals surface area contributed by atoms with Gasteiger partial charge in [-0.1, -0.05) is 0 Å². The molecule has 0 amide bonds. The molecule has 0 bridgehead atoms. The molecule has 2 nitrogen and oxygen atoms in total. The Labute approximate surface area is 108 Å². The number of quaternary nitrogens is 1. The fourth-order valence-electron chi connectivity index (χ4n) is 2.37. The first-order valence-corrected chi connectivity index (χ1v) is 7.42. The Morgan fingerprint density at radius 3 is 2.53 bits per heavy atom. The Morgan fingerprint density at radius 2 is 1.88 bits per heavy atom. The van der Waals surface area contributed by atoms with Gasteiger partial charge in [0.05, 0.1) is 20.2 Å². The summed E-state index contributed by atoms with van der Waals surface area (Å²) in [5.74, 6) is 3.63. The van der Waals surface area contributed by atoms with Crippen molar-refractivity contribution in [3.63, 3.8) is 0 Å². The summed E-state index contributed by atoms with van der Waals surface area (Å²) >= 11 is 2.08. The maximum absolute atomic E-state index is 5.36. The Bertz CT molecular complexity index is 386. The van der Waals surface area contributed by atoms with Crippen LogP contribution in [0.25, 0.3) is 0 Å². The van der Waals surface area contributed by atoms with Crippen LogP contribution in [-0.4, -0.2) is 31.7 Å². The van der Waals surface area contributed by atoms with Gasteiger partial charge in [0.15, 0.2) is 0 Å². The van der Waals surface area contributed by atoms with Gasteiger partial charge in [-0.25, -0.2) is 0 Å². The van der Waals surface area contributed by atoms with E-state index < -0.39 is 0 Å². The van der Waals surface area contributed by atoms with Crippen LogP contribution in [0.5, 0.6) is 5.75 Å². The Hall–Kier alpha value is -0.670. The number of methoxy groups -OCH3 is 1. The van der Waals surface area contributed by atoms with Crippen LogP contribution in [-0.2, 0) is 6.54 Å². The van der Waals surface area contributed by atoms with E-state index in [1.165, 1.54) is 41.3 Å². The quantitative estimate of drug-likeness (QED) is 0.875. The molecule has 0 atom stereocenters. The van der Waals surface area contributed by atoms with Gasteiger partial charge in [-0.15, -0.1) is 0 Å². The molecule has 1 heterocycles. The summed E-state index contributed by atoms with van der Waals surface area (Å²) in [7, 11) is 1.74. The van der Waals surface area contributed by atoms with Crippen molar-refractivity contribution in [3.8, 4) is 5.75 Å². The standard InChI is InChI=1S/C14H21NOS/c1-11-12(2)14(16-3)5-4-13(11)10-15-6-8-17-9-7-15/h4-5H,6-10H2,1-3H3/p+1. The molecule has 3 heteroatoms. The Morgan fingerprint density at radius 1 is 1.18 bits per heavy atom. The van der Waals surface area contributed by atoms with Gasteiger partial charge >= 0.3 is 0 Å². The van der Waals surface area contributed by atoms with Crippen LogP contribution < -0.4 is 9.64 Å². The molecule has 1 N–H and O–H groups in total. The van der Waals surface area contributed by atoms with Gasteiger partial charge in [0.2, 0.25) is 0 Å². The molecule has 1 aromatic carbocycles. The van der Waals surface area contributed by atoms with Gasteiger partial charge in [-0.3, -0.25) is 0 Å². The summed E-state index contributed by atoms with van der Waals surface area (Å²) in [6, 6.07) is 4.34. The number of nitrogens with one attached hydrogen (secondary N) is 1. The number of rotatable bonds is 3. The normalized spacial score (nSPS) is 17.1. The molecule has 17 heavy (non-hydrogen) atoms. The largest absolute Gasteiger partial charge is 0.496 e. The molecule has 94 valence electrons. The van der Waals surface area contributed by atoms with Gasteiger partial charge < -0.3 is 9.64 Å². The second kappa shape index (κ2) is 5.78. The molecule has 1 fully saturated rings. The highest BCUT2D eigenvalue weighted by Crippen LogP contribution is 2.23. The summed E-state index contributed by atoms with van der Waals surface area (Å²) in [5.41, 5.74) is 4.16. The first-order chi connectivity index (χ1) is 8.22. The molecular formula is C14H22NOS+. The molecule has 1 saturated heterocycles. The molecule has 1 aliphatic rings. The Balaban J connectivity index is 2.12. The van der Waals surface area contributed by atoms with Gasteiger partial charge in [0, 0.05) is 17.1 Å². The fraction of sp³-hybridized carbons (Fsp3) is 0.571. The number of benzene rings is 1. The van der Waals surface area contributed by atoms with Crippen LogP contribution in [0.2, 0.25) is 0 Å². The minimum atomic E-state index is 1.01. The van der Waals surface area contributed by atoms with Gasteiger partial charge in [0.25, 0.3) is 0 Å². The molecule has 0 radical (unpaired) electrons. The van der Waals surface area contributed by atoms with E-state index in [0.717, 1.165) is 12.3 Å². The smallest absolute Gasteiger partial charge is 0.122 e. The van der Waals surface area contributed by atoms with E-state index in [2.05, 4.69) is 37.7 Å². The molecule has 0 saturated carbocycles. The van der Waals surface area contributed by atoms with E-state index in [1.54, 1.807) is 12.0 Å². The first-order valence-electron chi connectivity index (χ1n) is 6.26. The lowest BCUT2D eigenvalue weighted by Gasteiger charge is -2.24. The zero-order valence-electron chi connectivity index (χ0n) is 11.0. The topological polar surface area (TPSA) is 13.7 Å². The zero-order valence-corrected chi connectivity index (χ0v) is 11.8. The number of hydrogen-bond acceptors (Lipinski definition) is 2. The third-order valence-electron chi connectivity index (χ3n) is 3.71. The van der Waals surface area contributed by atoms with Gasteiger partial charge in [-0.05, 0) is 37.1 Å². The minimum Gasteiger partial charge on any atom is -0.496 e. The highest BCUT2D eigenvalue weighted by molar-refractivity contribution is 7.99. The third-order valence-corrected chi connectivity index (χ3v) is 4.70. The van der Waals surface area contributed by atoms with Crippen LogP contribution in [0.3, 0.4) is 0 Å². The molecular weight excluding hydrogens is 230 g/mol. The third kappa shape index (κ3) is 2.96. The second-order valence-electron chi connectivity index (χ2n) is 4.72. The van der Waals surface area contributed by atoms with Crippen molar-refractivity contribution in [3.05, 3.63) is 28.8 Å². The lowest BCUT2D eigenvalue weighted by molar-refractivity contribution is -0.910. The van der Waals surface area contributed by atoms with E-state index >= 15 is 0 Å². The Kier molecular flexibility index (Phi) is 4.35. The maximum Gasteiger partial charge on any atom is 0.122 e. The van der Waals surface area contributed by atoms with E-state index in [0.29, 0.717) is 0 Å². The average molecular weight is 252 g/mol. The summed E-state index contributed by atoms with van der Waals surface area (Å²) in [6.45, 7) is 8.13. The molecule has 0 aromatic heterocycles. The van der Waals surface area contributed by atoms with Crippen molar-refractivity contribution in [1.29, 1.82) is 0 Å². The summed E-state index contributed by atoms with van der Waals surface area (Å²) in [4.78, 5) is 1.72. The molecule has 0 aliphatic carbocycles. The highest BCUT2D eigenvalue weighted by Gasteiger charge is 2.16. The minimum absolute atomic E-state index is 1.01. The molecule has 1 aromatic rings. The first kappa shape index (κ1) is 12.8. The lowest BCUT2D eigenvalue weighted by atomic mass is 10.0. The van der Waals surface area contributed by atoms with Crippen LogP contribution in [0.4, 0.5) is 0 Å². The predicted molar refractivity (Wildman–Crippen MR) is 74.2 cm³/mol. The molecule has 1 aliphatic heterocycles. The van der Waals surface area contributed by atoms with Gasteiger partial charge in [0.1, 0.15) is 12.3 Å². The molecule has 2 rings (SSSR count). The summed E-state index contributed by atoms with van der Waals surface area (Å²) in [5, 5.41) is 0. The molecule has 0 spiro atoms. The number of ether oxygens (including phenoxy) is 1. The lowest BCUT2D eigenvalue weighted by Crippen LogP contribution is -3.12. The second-order valence-corrected chi connectivity index (χ2v) is 5.94. The van der Waals surface area contributed by atoms with Crippen molar-refractivity contribution in [1.82, 2.24) is 0 Å². The SMILES string of the molecule is COc1ccc(C[NH+]2CCSCC2)c(C)c1C. The summed E-state index contributed by atoms with van der Waals surface area (Å²) < 4.78 is 5.36. The van der Waals surface area contributed by atoms with E-state index in [9.17, 15) is 0 Å². The van der Waals surface area contributed by atoms with Crippen LogP contribution in [0.15, 0.2) is 12.1 Å². The van der Waals surface area contributed by atoms with E-state index in [-0.39, 0.29) is 0 Å². The summed E-state index contributed by atoms with van der Waals surface area (Å²) in [6.07, 6.45) is 0. The maximum atomic E-state index is 5.36. The number of thioether (sulfide) groups is 1. The van der Waals surface area contributed by atoms with Crippen molar-refractivity contribution in [2.24, 2.45) is 0 Å². The van der Waals surface area contributed by atoms with Crippen molar-refractivity contribution in [2.75, 3.05) is 31.7 Å². The van der Waals surface area contributed by atoms with Crippen LogP contribution >= 0.6 is 11.8 Å². The van der Waals surface area contributed by atoms with Gasteiger partial charge in [-0.2, -0.15) is 11.8 Å². The zero-order chi connectivity index (χ0) is 12.3. The van der Waals surface area contributed by atoms with Crippen molar-refractivity contribution < 1.29 is 9.64 Å². The predicted octanol–water partition coefficient (Wildman–Crippen LogP) is 1.44. The molecule has 0 unspecified atom stereocenters. The average Bonchev–Trinajstić information content (AvgIpc) is 2.37. The van der Waals surface area contributed by atoms with E-state index in [1.807, 2.05) is 0 Å². The van der Waals surface area contributed by atoms with E-state index in [4.69, 9.17) is 4.74 Å². The van der Waals surface area contributed by atoms with Crippen molar-refractivity contribution in [2.45, 2.75) is 20.4 Å². The van der Waals surface area contributed by atoms with Crippen LogP contribution in [0.1, 0.15) is 16.7 Å². The number of hydrogen-bond donors (Lipinski definition) is 1. The monoisotopic (exact) mass is 252 g/mol. The fourth-order valence-corrected chi connectivity index (χ4v) is 3.44. The van der Waals surface area contributed by atoms with Crippen LogP contribution in [0, 0.1) is 13.8 Å².